The minimum Gasteiger partial charge on any atom is -0.413 e. The molecule has 0 radical (unpaired) electrons. The maximum atomic E-state index is 12.0. The van der Waals surface area contributed by atoms with Crippen molar-refractivity contribution in [3.8, 4) is 0 Å². The lowest BCUT2D eigenvalue weighted by Crippen LogP contribution is -2.05. The molecule has 0 saturated carbocycles. The summed E-state index contributed by atoms with van der Waals surface area (Å²) in [4.78, 5) is 0.311. The molecule has 2 rings (SSSR count). The first-order valence-electron chi connectivity index (χ1n) is 4.81. The van der Waals surface area contributed by atoms with E-state index in [-0.39, 0.29) is 21.4 Å². The van der Waals surface area contributed by atoms with Gasteiger partial charge in [-0.1, -0.05) is 17.7 Å². The Hall–Kier alpha value is -1.47. The Balaban J connectivity index is 2.31. The first-order chi connectivity index (χ1) is 7.97. The summed E-state index contributed by atoms with van der Waals surface area (Å²) in [6.07, 6.45) is 0. The molecule has 7 heteroatoms. The first-order valence-corrected chi connectivity index (χ1v) is 6.87. The normalized spacial score (nSPS) is 11.6. The molecule has 0 spiro atoms. The van der Waals surface area contributed by atoms with Gasteiger partial charge in [-0.2, -0.15) is 0 Å². The number of hydrogen-bond donors (Lipinski definition) is 1. The number of hydrogen-bond acceptors (Lipinski definition) is 5. The van der Waals surface area contributed by atoms with Crippen LogP contribution in [0.4, 0.5) is 0 Å². The van der Waals surface area contributed by atoms with Crippen molar-refractivity contribution < 1.29 is 12.8 Å². The van der Waals surface area contributed by atoms with Crippen LogP contribution < -0.4 is 0 Å². The summed E-state index contributed by atoms with van der Waals surface area (Å²) in [5.74, 6) is -0.237. The molecule has 0 atom stereocenters. The van der Waals surface area contributed by atoms with E-state index < -0.39 is 9.84 Å². The second kappa shape index (κ2) is 4.42. The smallest absolute Gasteiger partial charge is 0.284 e. The highest BCUT2D eigenvalue weighted by Gasteiger charge is 2.18. The van der Waals surface area contributed by atoms with Crippen LogP contribution in [0.3, 0.4) is 0 Å². The van der Waals surface area contributed by atoms with Crippen LogP contribution in [0.15, 0.2) is 33.6 Å². The Bertz CT molecular complexity index is 668. The summed E-state index contributed by atoms with van der Waals surface area (Å²) in [6.45, 7) is 1.89. The highest BCUT2D eigenvalue weighted by Crippen LogP contribution is 2.15. The van der Waals surface area contributed by atoms with Gasteiger partial charge in [0.2, 0.25) is 5.89 Å². The predicted molar refractivity (Wildman–Crippen MR) is 63.8 cm³/mol. The largest absolute Gasteiger partial charge is 0.413 e. The molecule has 0 bridgehead atoms. The van der Waals surface area contributed by atoms with Crippen LogP contribution in [-0.4, -0.2) is 18.6 Å². The molecule has 0 aliphatic rings. The minimum absolute atomic E-state index is 0.0653. The molecule has 1 aromatic heterocycles. The second-order valence-electron chi connectivity index (χ2n) is 3.58. The molecule has 0 saturated heterocycles. The van der Waals surface area contributed by atoms with Crippen molar-refractivity contribution in [1.29, 1.82) is 0 Å². The van der Waals surface area contributed by atoms with Crippen LogP contribution in [0.25, 0.3) is 0 Å². The Morgan fingerprint density at radius 3 is 2.53 bits per heavy atom. The zero-order chi connectivity index (χ0) is 12.5. The lowest BCUT2D eigenvalue weighted by molar-refractivity contribution is 0.493. The standard InChI is InChI=1S/C10H10N2O3S2/c1-7-2-4-8(5-3-7)17(13,14)6-9-11-12-10(16)15-9/h2-5H,6H2,1H3,(H,12,16). The van der Waals surface area contributed by atoms with Crippen LogP contribution in [0, 0.1) is 11.8 Å². The van der Waals surface area contributed by atoms with Gasteiger partial charge in [0, 0.05) is 0 Å². The zero-order valence-corrected chi connectivity index (χ0v) is 10.6. The molecule has 5 nitrogen and oxygen atoms in total. The topological polar surface area (TPSA) is 76.0 Å². The number of sulfone groups is 1. The monoisotopic (exact) mass is 270 g/mol. The fourth-order valence-electron chi connectivity index (χ4n) is 1.31. The summed E-state index contributed by atoms with van der Waals surface area (Å²) >= 11 is 4.68. The summed E-state index contributed by atoms with van der Waals surface area (Å²) in [6, 6.07) is 6.61. The van der Waals surface area contributed by atoms with Crippen molar-refractivity contribution in [2.75, 3.05) is 0 Å². The summed E-state index contributed by atoms with van der Waals surface area (Å²) in [7, 11) is -3.44. The van der Waals surface area contributed by atoms with E-state index >= 15 is 0 Å². The van der Waals surface area contributed by atoms with Crippen molar-refractivity contribution in [2.24, 2.45) is 0 Å². The summed E-state index contributed by atoms with van der Waals surface area (Å²) in [5.41, 5.74) is 1.00. The van der Waals surface area contributed by atoms with E-state index in [2.05, 4.69) is 22.4 Å². The van der Waals surface area contributed by atoms with Crippen molar-refractivity contribution in [1.82, 2.24) is 10.2 Å². The van der Waals surface area contributed by atoms with Gasteiger partial charge < -0.3 is 4.42 Å². The van der Waals surface area contributed by atoms with Crippen LogP contribution in [-0.2, 0) is 15.6 Å². The van der Waals surface area contributed by atoms with Crippen molar-refractivity contribution in [3.05, 3.63) is 40.6 Å². The number of nitrogens with one attached hydrogen (secondary N) is 1. The average molecular weight is 270 g/mol. The number of benzene rings is 1. The predicted octanol–water partition coefficient (Wildman–Crippen LogP) is 2.01. The third kappa shape index (κ3) is 2.80. The van der Waals surface area contributed by atoms with E-state index in [0.717, 1.165) is 5.56 Å². The molecule has 1 N–H and O–H groups in total. The van der Waals surface area contributed by atoms with Crippen LogP contribution in [0.1, 0.15) is 11.5 Å². The molecule has 0 amide bonds. The highest BCUT2D eigenvalue weighted by atomic mass is 32.2. The van der Waals surface area contributed by atoms with Crippen molar-refractivity contribution >= 4 is 22.1 Å². The molecule has 1 heterocycles. The summed E-state index contributed by atoms with van der Waals surface area (Å²) in [5, 5.41) is 6.05. The number of aromatic nitrogens is 2. The van der Waals surface area contributed by atoms with Crippen LogP contribution >= 0.6 is 12.2 Å². The Labute approximate surface area is 103 Å². The molecule has 0 aliphatic carbocycles. The van der Waals surface area contributed by atoms with Gasteiger partial charge in [0.05, 0.1) is 4.90 Å². The number of aryl methyl sites for hydroxylation is 1. The number of H-pyrrole nitrogens is 1. The van der Waals surface area contributed by atoms with E-state index in [1.807, 2.05) is 6.92 Å². The Morgan fingerprint density at radius 1 is 1.35 bits per heavy atom. The van der Waals surface area contributed by atoms with Gasteiger partial charge in [-0.15, -0.1) is 5.10 Å². The zero-order valence-electron chi connectivity index (χ0n) is 9.00. The summed E-state index contributed by atoms with van der Waals surface area (Å²) < 4.78 is 28.9. The molecule has 1 aromatic carbocycles. The molecule has 90 valence electrons. The quantitative estimate of drug-likeness (QED) is 0.863. The average Bonchev–Trinajstić information content (AvgIpc) is 2.63. The molecule has 2 aromatic rings. The molecular formula is C10H10N2O3S2. The van der Waals surface area contributed by atoms with Gasteiger partial charge in [0.15, 0.2) is 9.84 Å². The molecule has 0 fully saturated rings. The van der Waals surface area contributed by atoms with E-state index in [1.165, 1.54) is 0 Å². The fraction of sp³-hybridized carbons (Fsp3) is 0.200. The van der Waals surface area contributed by atoms with Gasteiger partial charge in [-0.25, -0.2) is 13.5 Å². The first kappa shape index (κ1) is 12.0. The molecule has 17 heavy (non-hydrogen) atoms. The molecular weight excluding hydrogens is 260 g/mol. The minimum atomic E-state index is -3.44. The van der Waals surface area contributed by atoms with Gasteiger partial charge in [-0.05, 0) is 31.3 Å². The molecule has 0 aliphatic heterocycles. The second-order valence-corrected chi connectivity index (χ2v) is 5.94. The fourth-order valence-corrected chi connectivity index (χ4v) is 2.62. The van der Waals surface area contributed by atoms with Gasteiger partial charge in [0.1, 0.15) is 5.75 Å². The molecule has 0 unspecified atom stereocenters. The van der Waals surface area contributed by atoms with E-state index in [0.29, 0.717) is 0 Å². The number of aromatic amines is 1. The van der Waals surface area contributed by atoms with E-state index in [9.17, 15) is 8.42 Å². The highest BCUT2D eigenvalue weighted by molar-refractivity contribution is 7.90. The lowest BCUT2D eigenvalue weighted by Gasteiger charge is -2.01. The van der Waals surface area contributed by atoms with Crippen molar-refractivity contribution in [3.63, 3.8) is 0 Å². The Kier molecular flexibility index (Phi) is 3.12. The number of rotatable bonds is 3. The van der Waals surface area contributed by atoms with Gasteiger partial charge in [-0.3, -0.25) is 0 Å². The number of nitrogens with zero attached hydrogens (tertiary/aromatic N) is 1. The maximum Gasteiger partial charge on any atom is 0.284 e. The lowest BCUT2D eigenvalue weighted by atomic mass is 10.2. The van der Waals surface area contributed by atoms with E-state index in [1.54, 1.807) is 24.3 Å². The van der Waals surface area contributed by atoms with E-state index in [4.69, 9.17) is 4.42 Å². The third-order valence-corrected chi connectivity index (χ3v) is 3.97. The maximum absolute atomic E-state index is 12.0. The Morgan fingerprint density at radius 2 is 2.00 bits per heavy atom. The van der Waals surface area contributed by atoms with Crippen LogP contribution in [0.2, 0.25) is 0 Å². The van der Waals surface area contributed by atoms with Crippen LogP contribution in [0.5, 0.6) is 0 Å². The van der Waals surface area contributed by atoms with Crippen molar-refractivity contribution in [2.45, 2.75) is 17.6 Å². The van der Waals surface area contributed by atoms with Gasteiger partial charge >= 0.3 is 0 Å². The van der Waals surface area contributed by atoms with Gasteiger partial charge in [0.25, 0.3) is 4.84 Å². The SMILES string of the molecule is Cc1ccc(S(=O)(=O)Cc2n[nH]c(=S)o2)cc1. The third-order valence-electron chi connectivity index (χ3n) is 2.18.